The van der Waals surface area contributed by atoms with Gasteiger partial charge in [-0.05, 0) is 25.1 Å². The van der Waals surface area contributed by atoms with E-state index in [1.54, 1.807) is 28.9 Å². The molecule has 180 valence electrons. The molecular formula is C23H20F3N7O2. The maximum absolute atomic E-state index is 14.4. The van der Waals surface area contributed by atoms with E-state index in [4.69, 9.17) is 9.47 Å². The topological polar surface area (TPSA) is 90.2 Å². The first-order valence-electron chi connectivity index (χ1n) is 10.5. The van der Waals surface area contributed by atoms with Crippen LogP contribution in [0, 0.1) is 24.4 Å². The second-order valence-corrected chi connectivity index (χ2v) is 7.88. The van der Waals surface area contributed by atoms with Crippen molar-refractivity contribution < 1.29 is 22.6 Å². The van der Waals surface area contributed by atoms with E-state index in [-0.39, 0.29) is 18.1 Å². The van der Waals surface area contributed by atoms with Crippen molar-refractivity contribution in [3.05, 3.63) is 71.7 Å². The molecule has 0 saturated carbocycles. The van der Waals surface area contributed by atoms with E-state index >= 15 is 0 Å². The van der Waals surface area contributed by atoms with Crippen LogP contribution in [0.15, 0.2) is 43.0 Å². The second kappa shape index (κ2) is 8.78. The number of methoxy groups -OCH3 is 1. The van der Waals surface area contributed by atoms with Gasteiger partial charge in [-0.2, -0.15) is 9.97 Å². The molecule has 12 heteroatoms. The molecule has 0 amide bonds. The molecule has 4 aromatic rings. The number of aromatic nitrogens is 5. The van der Waals surface area contributed by atoms with Gasteiger partial charge in [0.2, 0.25) is 11.8 Å². The van der Waals surface area contributed by atoms with Crippen LogP contribution in [0.25, 0.3) is 5.69 Å². The van der Waals surface area contributed by atoms with Gasteiger partial charge in [-0.25, -0.2) is 23.1 Å². The van der Waals surface area contributed by atoms with E-state index in [1.165, 1.54) is 13.3 Å². The molecule has 4 heterocycles. The Morgan fingerprint density at radius 1 is 1.09 bits per heavy atom. The van der Waals surface area contributed by atoms with Crippen molar-refractivity contribution in [2.24, 2.45) is 0 Å². The molecule has 1 atom stereocenters. The normalized spacial score (nSPS) is 14.9. The minimum absolute atomic E-state index is 0.00949. The Hall–Kier alpha value is -4.35. The van der Waals surface area contributed by atoms with Gasteiger partial charge in [0, 0.05) is 24.9 Å². The van der Waals surface area contributed by atoms with E-state index < -0.39 is 23.5 Å². The third-order valence-corrected chi connectivity index (χ3v) is 5.60. The number of halogens is 3. The average molecular weight is 483 g/mol. The van der Waals surface area contributed by atoms with Crippen LogP contribution in [-0.2, 0) is 0 Å². The van der Waals surface area contributed by atoms with Crippen molar-refractivity contribution >= 4 is 17.6 Å². The first kappa shape index (κ1) is 22.4. The summed E-state index contributed by atoms with van der Waals surface area (Å²) >= 11 is 0. The monoisotopic (exact) mass is 483 g/mol. The molecule has 1 N–H and O–H groups in total. The summed E-state index contributed by atoms with van der Waals surface area (Å²) in [5.74, 6) is -1.56. The quantitative estimate of drug-likeness (QED) is 0.425. The fourth-order valence-electron chi connectivity index (χ4n) is 3.81. The number of rotatable bonds is 5. The summed E-state index contributed by atoms with van der Waals surface area (Å²) in [4.78, 5) is 19.0. The van der Waals surface area contributed by atoms with Gasteiger partial charge in [0.1, 0.15) is 23.9 Å². The maximum Gasteiger partial charge on any atom is 0.240 e. The number of likely N-dealkylation sites (N-methyl/N-ethyl adjacent to an activating group) is 1. The van der Waals surface area contributed by atoms with E-state index in [9.17, 15) is 13.2 Å². The third kappa shape index (κ3) is 4.18. The Balaban J connectivity index is 1.42. The van der Waals surface area contributed by atoms with Crippen molar-refractivity contribution in [1.29, 1.82) is 0 Å². The zero-order valence-electron chi connectivity index (χ0n) is 19.0. The second-order valence-electron chi connectivity index (χ2n) is 7.88. The third-order valence-electron chi connectivity index (χ3n) is 5.60. The number of anilines is 3. The fourth-order valence-corrected chi connectivity index (χ4v) is 3.81. The molecule has 5 rings (SSSR count). The first-order valence-corrected chi connectivity index (χ1v) is 10.5. The van der Waals surface area contributed by atoms with E-state index in [1.807, 2.05) is 19.2 Å². The standard InChI is InChI=1S/C23H20F3N7O2/c1-12-9-33(11-28-12)17-4-5-20(29-22(17)34-3)30-23-27-8-19-21(31-23)32(2)18(10-35-19)13-6-15(25)16(26)7-14(13)24/h4-9,11,18H,10H2,1-3H3,(H,27,29,30,31). The van der Waals surface area contributed by atoms with Gasteiger partial charge in [0.05, 0.1) is 31.4 Å². The summed E-state index contributed by atoms with van der Waals surface area (Å²) in [5, 5.41) is 3.01. The molecule has 1 aromatic carbocycles. The molecule has 0 fully saturated rings. The number of nitrogens with zero attached hydrogens (tertiary/aromatic N) is 6. The highest BCUT2D eigenvalue weighted by Gasteiger charge is 2.31. The highest BCUT2D eigenvalue weighted by atomic mass is 19.2. The van der Waals surface area contributed by atoms with E-state index in [2.05, 4.69) is 25.3 Å². The van der Waals surface area contributed by atoms with Gasteiger partial charge in [-0.3, -0.25) is 0 Å². The SMILES string of the molecule is COc1nc(Nc2ncc3c(n2)N(C)C(c2cc(F)c(F)cc2F)CO3)ccc1-n1cnc(C)c1. The molecule has 3 aromatic heterocycles. The number of imidazole rings is 1. The van der Waals surface area contributed by atoms with Gasteiger partial charge < -0.3 is 24.3 Å². The largest absolute Gasteiger partial charge is 0.486 e. The molecule has 9 nitrogen and oxygen atoms in total. The summed E-state index contributed by atoms with van der Waals surface area (Å²) in [7, 11) is 3.17. The molecule has 0 aliphatic carbocycles. The number of hydrogen-bond donors (Lipinski definition) is 1. The smallest absolute Gasteiger partial charge is 0.240 e. The summed E-state index contributed by atoms with van der Waals surface area (Å²) in [6.07, 6.45) is 4.98. The van der Waals surface area contributed by atoms with Gasteiger partial charge >= 0.3 is 0 Å². The zero-order valence-corrected chi connectivity index (χ0v) is 19.0. The number of aryl methyl sites for hydroxylation is 1. The van der Waals surface area contributed by atoms with Crippen molar-refractivity contribution in [3.8, 4) is 17.3 Å². The van der Waals surface area contributed by atoms with E-state index in [0.717, 1.165) is 11.8 Å². The van der Waals surface area contributed by atoms with Crippen molar-refractivity contribution in [2.75, 3.05) is 31.0 Å². The lowest BCUT2D eigenvalue weighted by Gasteiger charge is -2.35. The van der Waals surface area contributed by atoms with E-state index in [0.29, 0.717) is 35.0 Å². The maximum atomic E-state index is 14.4. The number of pyridine rings is 1. The van der Waals surface area contributed by atoms with Gasteiger partial charge in [0.25, 0.3) is 0 Å². The van der Waals surface area contributed by atoms with Crippen molar-refractivity contribution in [3.63, 3.8) is 0 Å². The summed E-state index contributed by atoms with van der Waals surface area (Å²) < 4.78 is 54.5. The summed E-state index contributed by atoms with van der Waals surface area (Å²) in [6.45, 7) is 1.89. The predicted molar refractivity (Wildman–Crippen MR) is 121 cm³/mol. The van der Waals surface area contributed by atoms with Crippen LogP contribution in [-0.4, -0.2) is 45.3 Å². The Labute approximate surface area is 198 Å². The Morgan fingerprint density at radius 2 is 1.89 bits per heavy atom. The number of ether oxygens (including phenoxy) is 2. The van der Waals surface area contributed by atoms with Crippen molar-refractivity contribution in [2.45, 2.75) is 13.0 Å². The average Bonchev–Trinajstić information content (AvgIpc) is 3.28. The van der Waals surface area contributed by atoms with Crippen LogP contribution in [0.5, 0.6) is 11.6 Å². The Kier molecular flexibility index (Phi) is 5.63. The minimum atomic E-state index is -1.25. The highest BCUT2D eigenvalue weighted by Crippen LogP contribution is 2.38. The number of hydrogen-bond acceptors (Lipinski definition) is 8. The van der Waals surface area contributed by atoms with Gasteiger partial charge in [-0.15, -0.1) is 0 Å². The van der Waals surface area contributed by atoms with Crippen LogP contribution in [0.1, 0.15) is 17.3 Å². The zero-order chi connectivity index (χ0) is 24.7. The molecule has 0 radical (unpaired) electrons. The lowest BCUT2D eigenvalue weighted by Crippen LogP contribution is -2.35. The van der Waals surface area contributed by atoms with Crippen LogP contribution in [0.4, 0.5) is 30.8 Å². The Bertz CT molecular complexity index is 1410. The lowest BCUT2D eigenvalue weighted by atomic mass is 10.0. The van der Waals surface area contributed by atoms with Crippen LogP contribution in [0.3, 0.4) is 0 Å². The Morgan fingerprint density at radius 3 is 2.63 bits per heavy atom. The van der Waals surface area contributed by atoms with Gasteiger partial charge in [-0.1, -0.05) is 0 Å². The van der Waals surface area contributed by atoms with Gasteiger partial charge in [0.15, 0.2) is 23.2 Å². The number of fused-ring (bicyclic) bond motifs is 1. The fraction of sp³-hybridized carbons (Fsp3) is 0.217. The molecule has 35 heavy (non-hydrogen) atoms. The first-order chi connectivity index (χ1) is 16.8. The lowest BCUT2D eigenvalue weighted by molar-refractivity contribution is 0.261. The summed E-state index contributed by atoms with van der Waals surface area (Å²) in [6, 6.07) is 4.17. The molecule has 1 unspecified atom stereocenters. The van der Waals surface area contributed by atoms with Crippen LogP contribution in [0.2, 0.25) is 0 Å². The molecule has 0 bridgehead atoms. The minimum Gasteiger partial charge on any atom is -0.486 e. The van der Waals surface area contributed by atoms with Crippen LogP contribution >= 0.6 is 0 Å². The van der Waals surface area contributed by atoms with Crippen molar-refractivity contribution in [1.82, 2.24) is 24.5 Å². The number of nitrogens with one attached hydrogen (secondary N) is 1. The van der Waals surface area contributed by atoms with Crippen LogP contribution < -0.4 is 19.7 Å². The number of benzene rings is 1. The molecule has 1 aliphatic rings. The molecule has 0 saturated heterocycles. The molecular weight excluding hydrogens is 463 g/mol. The molecule has 0 spiro atoms. The predicted octanol–water partition coefficient (Wildman–Crippen LogP) is 4.11. The highest BCUT2D eigenvalue weighted by molar-refractivity contribution is 5.60. The molecule has 1 aliphatic heterocycles. The summed E-state index contributed by atoms with van der Waals surface area (Å²) in [5.41, 5.74) is 1.51.